The van der Waals surface area contributed by atoms with Gasteiger partial charge in [-0.3, -0.25) is 0 Å². The zero-order valence-corrected chi connectivity index (χ0v) is 12.1. The topological polar surface area (TPSA) is 3.24 Å². The Hall–Kier alpha value is -0.640. The molecule has 1 aliphatic heterocycles. The molecular formula is C14H18BrF2N. The second-order valence-corrected chi connectivity index (χ2v) is 5.35. The number of hydrogen-bond acceptors (Lipinski definition) is 1. The average Bonchev–Trinajstić information content (AvgIpc) is 2.38. The molecule has 0 spiro atoms. The Kier molecular flexibility index (Phi) is 4.60. The van der Waals surface area contributed by atoms with Gasteiger partial charge < -0.3 is 4.90 Å². The maximum atomic E-state index is 14.1. The molecule has 0 N–H and O–H groups in total. The second-order valence-electron chi connectivity index (χ2n) is 4.79. The summed E-state index contributed by atoms with van der Waals surface area (Å²) in [6.07, 6.45) is 4.11. The number of benzene rings is 1. The predicted octanol–water partition coefficient (Wildman–Crippen LogP) is 4.63. The van der Waals surface area contributed by atoms with Gasteiger partial charge in [0.15, 0.2) is 0 Å². The standard InChI is InChI=1S/C14H18BrF2N/c1-2-11-5-3-4-6-18(11)14-12(16)7-10(9-15)8-13(14)17/h7-8,11H,2-6,9H2,1H3. The fraction of sp³-hybridized carbons (Fsp3) is 0.571. The van der Waals surface area contributed by atoms with Gasteiger partial charge in [-0.15, -0.1) is 0 Å². The molecule has 0 aliphatic carbocycles. The van der Waals surface area contributed by atoms with E-state index in [1.165, 1.54) is 12.1 Å². The van der Waals surface area contributed by atoms with Crippen molar-refractivity contribution in [2.75, 3.05) is 11.4 Å². The molecule has 0 bridgehead atoms. The van der Waals surface area contributed by atoms with Crippen LogP contribution in [-0.2, 0) is 5.33 Å². The lowest BCUT2D eigenvalue weighted by Crippen LogP contribution is -2.40. The fourth-order valence-electron chi connectivity index (χ4n) is 2.69. The molecule has 0 saturated carbocycles. The van der Waals surface area contributed by atoms with E-state index in [1.807, 2.05) is 4.90 Å². The van der Waals surface area contributed by atoms with Crippen LogP contribution in [0.1, 0.15) is 38.2 Å². The molecule has 1 fully saturated rings. The van der Waals surface area contributed by atoms with Gasteiger partial charge in [-0.2, -0.15) is 0 Å². The summed E-state index contributed by atoms with van der Waals surface area (Å²) >= 11 is 3.22. The Morgan fingerprint density at radius 2 is 1.94 bits per heavy atom. The van der Waals surface area contributed by atoms with E-state index in [0.717, 1.165) is 32.2 Å². The van der Waals surface area contributed by atoms with Crippen molar-refractivity contribution >= 4 is 21.6 Å². The molecule has 1 aliphatic rings. The number of nitrogens with zero attached hydrogens (tertiary/aromatic N) is 1. The van der Waals surface area contributed by atoms with Crippen molar-refractivity contribution < 1.29 is 8.78 Å². The van der Waals surface area contributed by atoms with E-state index < -0.39 is 11.6 Å². The number of anilines is 1. The molecule has 4 heteroatoms. The van der Waals surface area contributed by atoms with Gasteiger partial charge in [0.05, 0.1) is 0 Å². The summed E-state index contributed by atoms with van der Waals surface area (Å²) in [5.41, 5.74) is 0.796. The lowest BCUT2D eigenvalue weighted by Gasteiger charge is -2.37. The summed E-state index contributed by atoms with van der Waals surface area (Å²) in [4.78, 5) is 1.91. The molecule has 1 aromatic carbocycles. The van der Waals surface area contributed by atoms with Gasteiger partial charge in [-0.05, 0) is 43.4 Å². The molecule has 1 unspecified atom stereocenters. The Morgan fingerprint density at radius 1 is 1.28 bits per heavy atom. The zero-order chi connectivity index (χ0) is 13.1. The van der Waals surface area contributed by atoms with Crippen LogP contribution in [0.2, 0.25) is 0 Å². The molecular weight excluding hydrogens is 300 g/mol. The normalized spacial score (nSPS) is 20.2. The molecule has 0 amide bonds. The zero-order valence-electron chi connectivity index (χ0n) is 10.6. The minimum absolute atomic E-state index is 0.159. The van der Waals surface area contributed by atoms with Crippen molar-refractivity contribution in [3.8, 4) is 0 Å². The third kappa shape index (κ3) is 2.68. The van der Waals surface area contributed by atoms with Crippen LogP contribution in [0.4, 0.5) is 14.5 Å². The number of alkyl halides is 1. The summed E-state index contributed by atoms with van der Waals surface area (Å²) in [7, 11) is 0. The van der Waals surface area contributed by atoms with E-state index in [4.69, 9.17) is 0 Å². The molecule has 1 saturated heterocycles. The molecule has 18 heavy (non-hydrogen) atoms. The SMILES string of the molecule is CCC1CCCCN1c1c(F)cc(CBr)cc1F. The summed E-state index contributed by atoms with van der Waals surface area (Å²) in [5, 5.41) is 0.471. The van der Waals surface area contributed by atoms with Gasteiger partial charge in [0, 0.05) is 17.9 Å². The van der Waals surface area contributed by atoms with Crippen LogP contribution in [0.5, 0.6) is 0 Å². The molecule has 0 aromatic heterocycles. The Morgan fingerprint density at radius 3 is 2.50 bits per heavy atom. The highest BCUT2D eigenvalue weighted by Crippen LogP contribution is 2.32. The van der Waals surface area contributed by atoms with Crippen LogP contribution in [-0.4, -0.2) is 12.6 Å². The Bertz CT molecular complexity index is 399. The Balaban J connectivity index is 2.37. The smallest absolute Gasteiger partial charge is 0.149 e. The second kappa shape index (κ2) is 6.00. The molecule has 1 atom stereocenters. The van der Waals surface area contributed by atoms with Crippen molar-refractivity contribution in [2.45, 2.75) is 44.0 Å². The minimum Gasteiger partial charge on any atom is -0.364 e. The van der Waals surface area contributed by atoms with E-state index >= 15 is 0 Å². The van der Waals surface area contributed by atoms with E-state index in [1.54, 1.807) is 0 Å². The van der Waals surface area contributed by atoms with Gasteiger partial charge in [0.2, 0.25) is 0 Å². The average molecular weight is 318 g/mol. The summed E-state index contributed by atoms with van der Waals surface area (Å²) in [6, 6.07) is 3.11. The highest BCUT2D eigenvalue weighted by Gasteiger charge is 2.26. The van der Waals surface area contributed by atoms with Crippen LogP contribution >= 0.6 is 15.9 Å². The fourth-order valence-corrected chi connectivity index (χ4v) is 3.01. The maximum Gasteiger partial charge on any atom is 0.149 e. The maximum absolute atomic E-state index is 14.1. The number of halogens is 3. The summed E-state index contributed by atoms with van der Waals surface area (Å²) < 4.78 is 28.2. The highest BCUT2D eigenvalue weighted by atomic mass is 79.9. The van der Waals surface area contributed by atoms with E-state index in [2.05, 4.69) is 22.9 Å². The third-order valence-electron chi connectivity index (χ3n) is 3.62. The lowest BCUT2D eigenvalue weighted by molar-refractivity contribution is 0.434. The van der Waals surface area contributed by atoms with E-state index in [-0.39, 0.29) is 11.7 Å². The first-order valence-electron chi connectivity index (χ1n) is 6.48. The molecule has 1 aromatic rings. The van der Waals surface area contributed by atoms with Gasteiger partial charge in [0.1, 0.15) is 17.3 Å². The first-order valence-corrected chi connectivity index (χ1v) is 7.60. The van der Waals surface area contributed by atoms with Crippen LogP contribution in [0.3, 0.4) is 0 Å². The third-order valence-corrected chi connectivity index (χ3v) is 4.26. The predicted molar refractivity (Wildman–Crippen MR) is 74.3 cm³/mol. The molecule has 100 valence electrons. The molecule has 1 nitrogen and oxygen atoms in total. The van der Waals surface area contributed by atoms with Gasteiger partial charge in [-0.25, -0.2) is 8.78 Å². The number of hydrogen-bond donors (Lipinski definition) is 0. The van der Waals surface area contributed by atoms with Crippen LogP contribution < -0.4 is 4.90 Å². The summed E-state index contributed by atoms with van der Waals surface area (Å²) in [6.45, 7) is 2.83. The largest absolute Gasteiger partial charge is 0.364 e. The van der Waals surface area contributed by atoms with Crippen molar-refractivity contribution in [1.82, 2.24) is 0 Å². The van der Waals surface area contributed by atoms with Crippen molar-refractivity contribution in [2.24, 2.45) is 0 Å². The van der Waals surface area contributed by atoms with Gasteiger partial charge in [0.25, 0.3) is 0 Å². The van der Waals surface area contributed by atoms with Crippen LogP contribution in [0.15, 0.2) is 12.1 Å². The first kappa shape index (κ1) is 13.8. The van der Waals surface area contributed by atoms with Gasteiger partial charge >= 0.3 is 0 Å². The number of rotatable bonds is 3. The van der Waals surface area contributed by atoms with E-state index in [9.17, 15) is 8.78 Å². The summed E-state index contributed by atoms with van der Waals surface area (Å²) in [5.74, 6) is -0.880. The highest BCUT2D eigenvalue weighted by molar-refractivity contribution is 9.08. The van der Waals surface area contributed by atoms with Gasteiger partial charge in [-0.1, -0.05) is 22.9 Å². The van der Waals surface area contributed by atoms with E-state index in [0.29, 0.717) is 10.9 Å². The monoisotopic (exact) mass is 317 g/mol. The Labute approximate surface area is 115 Å². The molecule has 2 rings (SSSR count). The minimum atomic E-state index is -0.440. The first-order chi connectivity index (χ1) is 8.67. The van der Waals surface area contributed by atoms with Crippen molar-refractivity contribution in [1.29, 1.82) is 0 Å². The lowest BCUT2D eigenvalue weighted by atomic mass is 9.98. The molecule has 1 heterocycles. The quantitative estimate of drug-likeness (QED) is 0.735. The van der Waals surface area contributed by atoms with Crippen molar-refractivity contribution in [3.63, 3.8) is 0 Å². The van der Waals surface area contributed by atoms with Crippen LogP contribution in [0, 0.1) is 11.6 Å². The molecule has 0 radical (unpaired) electrons. The van der Waals surface area contributed by atoms with Crippen molar-refractivity contribution in [3.05, 3.63) is 29.3 Å². The number of piperidine rings is 1. The van der Waals surface area contributed by atoms with Crippen LogP contribution in [0.25, 0.3) is 0 Å².